The summed E-state index contributed by atoms with van der Waals surface area (Å²) in [7, 11) is 0. The Labute approximate surface area is 79.1 Å². The summed E-state index contributed by atoms with van der Waals surface area (Å²) in [6.07, 6.45) is 5.69. The summed E-state index contributed by atoms with van der Waals surface area (Å²) >= 11 is 1.87. The van der Waals surface area contributed by atoms with Gasteiger partial charge in [-0.15, -0.1) is 0 Å². The fraction of sp³-hybridized carbons (Fsp3) is 1.00. The summed E-state index contributed by atoms with van der Waals surface area (Å²) in [6.45, 7) is 2.48. The molecule has 1 aliphatic rings. The molecule has 1 rings (SSSR count). The summed E-state index contributed by atoms with van der Waals surface area (Å²) in [4.78, 5) is 0. The molecular formula is C9H19NOS. The van der Waals surface area contributed by atoms with Crippen LogP contribution >= 0.6 is 11.8 Å². The van der Waals surface area contributed by atoms with Gasteiger partial charge in [-0.2, -0.15) is 11.8 Å². The van der Waals surface area contributed by atoms with Crippen molar-refractivity contribution >= 4 is 11.8 Å². The first-order valence-electron chi connectivity index (χ1n) is 4.63. The Kier molecular flexibility index (Phi) is 4.40. The average Bonchev–Trinajstić information content (AvgIpc) is 2.16. The molecule has 0 aliphatic carbocycles. The van der Waals surface area contributed by atoms with Crippen LogP contribution in [0.4, 0.5) is 0 Å². The lowest BCUT2D eigenvalue weighted by atomic mass is 9.79. The predicted molar refractivity (Wildman–Crippen MR) is 54.6 cm³/mol. The lowest BCUT2D eigenvalue weighted by Gasteiger charge is -2.35. The molecule has 0 amide bonds. The molecule has 1 atom stereocenters. The molecule has 2 nitrogen and oxygen atoms in total. The molecule has 0 saturated carbocycles. The van der Waals surface area contributed by atoms with Crippen LogP contribution in [0.2, 0.25) is 0 Å². The third kappa shape index (κ3) is 2.64. The lowest BCUT2D eigenvalue weighted by Crippen LogP contribution is -2.42. The second-order valence-electron chi connectivity index (χ2n) is 3.68. The van der Waals surface area contributed by atoms with Crippen LogP contribution in [0.25, 0.3) is 0 Å². The van der Waals surface area contributed by atoms with E-state index in [1.165, 1.54) is 18.6 Å². The van der Waals surface area contributed by atoms with E-state index in [4.69, 9.17) is 0 Å². The maximum atomic E-state index is 9.32. The van der Waals surface area contributed by atoms with E-state index in [1.54, 1.807) is 0 Å². The minimum atomic E-state index is 0.196. The fourth-order valence-corrected chi connectivity index (χ4v) is 2.41. The highest BCUT2D eigenvalue weighted by atomic mass is 32.2. The van der Waals surface area contributed by atoms with Gasteiger partial charge in [0.1, 0.15) is 0 Å². The van der Waals surface area contributed by atoms with Crippen LogP contribution in [-0.4, -0.2) is 36.8 Å². The van der Waals surface area contributed by atoms with Gasteiger partial charge >= 0.3 is 0 Å². The maximum absolute atomic E-state index is 9.32. The van der Waals surface area contributed by atoms with Crippen LogP contribution in [0.15, 0.2) is 0 Å². The van der Waals surface area contributed by atoms with E-state index in [0.29, 0.717) is 6.61 Å². The van der Waals surface area contributed by atoms with Gasteiger partial charge in [0.05, 0.1) is 0 Å². The van der Waals surface area contributed by atoms with Gasteiger partial charge in [0.15, 0.2) is 0 Å². The van der Waals surface area contributed by atoms with Gasteiger partial charge in [0.25, 0.3) is 0 Å². The van der Waals surface area contributed by atoms with Crippen LogP contribution in [0.3, 0.4) is 0 Å². The van der Waals surface area contributed by atoms with Crippen LogP contribution < -0.4 is 5.32 Å². The van der Waals surface area contributed by atoms with Crippen molar-refractivity contribution in [2.24, 2.45) is 5.41 Å². The van der Waals surface area contributed by atoms with Crippen molar-refractivity contribution in [3.8, 4) is 0 Å². The molecule has 2 N–H and O–H groups in total. The number of piperidine rings is 1. The standard InChI is InChI=1S/C9H19NOS/c1-12-6-4-9(8-11)3-2-5-10-7-9/h10-11H,2-8H2,1H3. The van der Waals surface area contributed by atoms with E-state index in [1.807, 2.05) is 11.8 Å². The highest BCUT2D eigenvalue weighted by Gasteiger charge is 2.30. The Bertz CT molecular complexity index is 124. The normalized spacial score (nSPS) is 30.5. The summed E-state index contributed by atoms with van der Waals surface area (Å²) in [5, 5.41) is 12.7. The van der Waals surface area contributed by atoms with Crippen molar-refractivity contribution in [3.05, 3.63) is 0 Å². The van der Waals surface area contributed by atoms with Gasteiger partial charge in [0, 0.05) is 18.6 Å². The molecule has 1 unspecified atom stereocenters. The van der Waals surface area contributed by atoms with Crippen LogP contribution in [0.1, 0.15) is 19.3 Å². The molecule has 0 bridgehead atoms. The molecule has 3 heteroatoms. The van der Waals surface area contributed by atoms with E-state index in [-0.39, 0.29) is 5.41 Å². The van der Waals surface area contributed by atoms with Gasteiger partial charge in [0.2, 0.25) is 0 Å². The minimum absolute atomic E-state index is 0.196. The predicted octanol–water partition coefficient (Wildman–Crippen LogP) is 1.10. The minimum Gasteiger partial charge on any atom is -0.396 e. The number of nitrogens with one attached hydrogen (secondary N) is 1. The van der Waals surface area contributed by atoms with E-state index in [9.17, 15) is 5.11 Å². The van der Waals surface area contributed by atoms with Crippen LogP contribution in [0.5, 0.6) is 0 Å². The van der Waals surface area contributed by atoms with Crippen molar-refractivity contribution in [1.29, 1.82) is 0 Å². The monoisotopic (exact) mass is 189 g/mol. The number of hydrogen-bond donors (Lipinski definition) is 2. The molecule has 72 valence electrons. The van der Waals surface area contributed by atoms with E-state index in [2.05, 4.69) is 11.6 Å². The molecule has 0 radical (unpaired) electrons. The van der Waals surface area contributed by atoms with E-state index >= 15 is 0 Å². The Morgan fingerprint density at radius 2 is 2.42 bits per heavy atom. The van der Waals surface area contributed by atoms with Gasteiger partial charge in [-0.1, -0.05) is 0 Å². The van der Waals surface area contributed by atoms with Crippen LogP contribution in [0, 0.1) is 5.41 Å². The van der Waals surface area contributed by atoms with Crippen molar-refractivity contribution in [3.63, 3.8) is 0 Å². The van der Waals surface area contributed by atoms with Crippen molar-refractivity contribution in [2.45, 2.75) is 19.3 Å². The highest BCUT2D eigenvalue weighted by Crippen LogP contribution is 2.30. The average molecular weight is 189 g/mol. The number of aliphatic hydroxyl groups is 1. The summed E-state index contributed by atoms with van der Waals surface area (Å²) in [6, 6.07) is 0. The molecule has 1 fully saturated rings. The molecule has 1 heterocycles. The van der Waals surface area contributed by atoms with Gasteiger partial charge in [-0.05, 0) is 37.8 Å². The number of thioether (sulfide) groups is 1. The molecule has 1 saturated heterocycles. The quantitative estimate of drug-likeness (QED) is 0.694. The largest absolute Gasteiger partial charge is 0.396 e. The highest BCUT2D eigenvalue weighted by molar-refractivity contribution is 7.98. The van der Waals surface area contributed by atoms with Crippen molar-refractivity contribution in [1.82, 2.24) is 5.32 Å². The van der Waals surface area contributed by atoms with Crippen molar-refractivity contribution < 1.29 is 5.11 Å². The van der Waals surface area contributed by atoms with Gasteiger partial charge in [-0.3, -0.25) is 0 Å². The Balaban J connectivity index is 2.37. The summed E-state index contributed by atoms with van der Waals surface area (Å²) in [5.41, 5.74) is 0.196. The third-order valence-electron chi connectivity index (χ3n) is 2.73. The third-order valence-corrected chi connectivity index (χ3v) is 3.34. The topological polar surface area (TPSA) is 32.3 Å². The molecular weight excluding hydrogens is 170 g/mol. The molecule has 1 aliphatic heterocycles. The Hall–Kier alpha value is 0.270. The zero-order valence-electron chi connectivity index (χ0n) is 7.81. The fourth-order valence-electron chi connectivity index (χ4n) is 1.78. The number of rotatable bonds is 4. The van der Waals surface area contributed by atoms with Crippen LogP contribution in [-0.2, 0) is 0 Å². The summed E-state index contributed by atoms with van der Waals surface area (Å²) < 4.78 is 0. The molecule has 12 heavy (non-hydrogen) atoms. The molecule has 0 aromatic rings. The molecule has 0 aromatic carbocycles. The maximum Gasteiger partial charge on any atom is 0.0499 e. The zero-order valence-corrected chi connectivity index (χ0v) is 8.62. The Morgan fingerprint density at radius 3 is 2.92 bits per heavy atom. The second-order valence-corrected chi connectivity index (χ2v) is 4.67. The van der Waals surface area contributed by atoms with Gasteiger partial charge in [-0.25, -0.2) is 0 Å². The zero-order chi connectivity index (χ0) is 8.86. The van der Waals surface area contributed by atoms with Crippen molar-refractivity contribution in [2.75, 3.05) is 31.7 Å². The Morgan fingerprint density at radius 1 is 1.58 bits per heavy atom. The SMILES string of the molecule is CSCCC1(CO)CCCNC1. The van der Waals surface area contributed by atoms with E-state index in [0.717, 1.165) is 19.5 Å². The molecule has 0 spiro atoms. The lowest BCUT2D eigenvalue weighted by molar-refractivity contribution is 0.0920. The van der Waals surface area contributed by atoms with E-state index < -0.39 is 0 Å². The first kappa shape index (κ1) is 10.4. The number of hydrogen-bond acceptors (Lipinski definition) is 3. The smallest absolute Gasteiger partial charge is 0.0499 e. The first-order valence-corrected chi connectivity index (χ1v) is 6.03. The molecule has 0 aromatic heterocycles. The summed E-state index contributed by atoms with van der Waals surface area (Å²) in [5.74, 6) is 1.17. The second kappa shape index (κ2) is 5.10. The van der Waals surface area contributed by atoms with Gasteiger partial charge < -0.3 is 10.4 Å². The number of aliphatic hydroxyl groups excluding tert-OH is 1. The first-order chi connectivity index (χ1) is 5.83.